The molecule has 1 amide bonds. The first-order valence-electron chi connectivity index (χ1n) is 16.8. The van der Waals surface area contributed by atoms with E-state index in [4.69, 9.17) is 24.3 Å². The number of aliphatic imine (C=N–C) groups is 1. The van der Waals surface area contributed by atoms with Crippen LogP contribution in [0.3, 0.4) is 0 Å². The van der Waals surface area contributed by atoms with Crippen LogP contribution >= 0.6 is 15.9 Å². The van der Waals surface area contributed by atoms with Gasteiger partial charge >= 0.3 is 5.97 Å². The highest BCUT2D eigenvalue weighted by Gasteiger charge is 2.53. The minimum Gasteiger partial charge on any atom is -0.494 e. The Morgan fingerprint density at radius 3 is 2.22 bits per heavy atom. The summed E-state index contributed by atoms with van der Waals surface area (Å²) in [6.45, 7) is 6.34. The number of benzene rings is 4. The van der Waals surface area contributed by atoms with E-state index in [0.29, 0.717) is 37.3 Å². The Bertz CT molecular complexity index is 1740. The number of nitrogens with zero attached hydrogens (tertiary/aromatic N) is 1. The first-order valence-corrected chi connectivity index (χ1v) is 17.6. The first-order chi connectivity index (χ1) is 24.1. The van der Waals surface area contributed by atoms with Crippen LogP contribution in [-0.4, -0.2) is 53.8 Å². The third kappa shape index (κ3) is 9.80. The normalized spacial score (nSPS) is 17.1. The van der Waals surface area contributed by atoms with Crippen LogP contribution in [0.2, 0.25) is 0 Å². The monoisotopic (exact) mass is 741 g/mol. The van der Waals surface area contributed by atoms with E-state index in [1.165, 1.54) is 0 Å². The van der Waals surface area contributed by atoms with Crippen molar-refractivity contribution in [1.29, 1.82) is 0 Å². The van der Waals surface area contributed by atoms with E-state index < -0.39 is 29.1 Å². The van der Waals surface area contributed by atoms with Gasteiger partial charge in [0.1, 0.15) is 11.4 Å². The molecule has 1 aliphatic rings. The van der Waals surface area contributed by atoms with Crippen LogP contribution in [0.4, 0.5) is 0 Å². The maximum Gasteiger partial charge on any atom is 0.306 e. The molecule has 1 heterocycles. The van der Waals surface area contributed by atoms with Gasteiger partial charge in [-0.2, -0.15) is 0 Å². The number of rotatable bonds is 15. The lowest BCUT2D eigenvalue weighted by Gasteiger charge is -2.31. The second kappa shape index (κ2) is 16.9. The fourth-order valence-electron chi connectivity index (χ4n) is 5.65. The summed E-state index contributed by atoms with van der Waals surface area (Å²) < 4.78 is 19.0. The summed E-state index contributed by atoms with van der Waals surface area (Å²) >= 11 is 3.46. The SMILES string of the molecule is CC(C)(C)OC(=O)CC[C@]1(C(=O)NNCCc2ccc(Br)cc2)N=C(c2ccc(OCCCO)cc2)O[C@H]1c1ccc(-c2ccccc2)cc1. The Morgan fingerprint density at radius 1 is 0.900 bits per heavy atom. The van der Waals surface area contributed by atoms with Gasteiger partial charge in [0.15, 0.2) is 11.6 Å². The number of hydrogen-bond donors (Lipinski definition) is 3. The molecule has 0 aliphatic carbocycles. The van der Waals surface area contributed by atoms with Gasteiger partial charge in [0.25, 0.3) is 5.91 Å². The molecule has 9 nitrogen and oxygen atoms in total. The number of esters is 1. The number of carbonyl (C=O) groups is 2. The van der Waals surface area contributed by atoms with Crippen molar-refractivity contribution in [3.63, 3.8) is 0 Å². The van der Waals surface area contributed by atoms with Crippen molar-refractivity contribution in [3.8, 4) is 16.9 Å². The van der Waals surface area contributed by atoms with Crippen molar-refractivity contribution < 1.29 is 28.9 Å². The van der Waals surface area contributed by atoms with Crippen LogP contribution in [0.15, 0.2) is 113 Å². The molecule has 4 aromatic rings. The fraction of sp³-hybridized carbons (Fsp3) is 0.325. The Kier molecular flexibility index (Phi) is 12.5. The molecule has 2 atom stereocenters. The maximum atomic E-state index is 14.4. The zero-order chi connectivity index (χ0) is 35.6. The number of nitrogens with one attached hydrogen (secondary N) is 2. The highest BCUT2D eigenvalue weighted by molar-refractivity contribution is 9.10. The van der Waals surface area contributed by atoms with Gasteiger partial charge in [-0.25, -0.2) is 10.4 Å². The van der Waals surface area contributed by atoms with Crippen molar-refractivity contribution in [1.82, 2.24) is 10.9 Å². The van der Waals surface area contributed by atoms with Crippen molar-refractivity contribution in [2.45, 2.75) is 63.7 Å². The van der Waals surface area contributed by atoms with Crippen LogP contribution in [0.25, 0.3) is 11.1 Å². The van der Waals surface area contributed by atoms with E-state index in [1.54, 1.807) is 12.1 Å². The standard InChI is InChI=1S/C40H44BrN3O6/c1-39(2,3)50-35(46)22-24-40(38(47)44-42-25-23-28-10-18-33(41)19-11-28)36(31-14-12-30(13-15-31)29-8-5-4-6-9-29)49-37(43-40)32-16-20-34(21-17-32)48-27-7-26-45/h4-6,8-21,36,42,45H,7,22-27H2,1-3H3,(H,44,47)/t36-,40-/m0/s1. The summed E-state index contributed by atoms with van der Waals surface area (Å²) in [6.07, 6.45) is 0.340. The lowest BCUT2D eigenvalue weighted by Crippen LogP contribution is -2.53. The molecular weight excluding hydrogens is 698 g/mol. The molecule has 0 fully saturated rings. The van der Waals surface area contributed by atoms with E-state index in [0.717, 1.165) is 26.7 Å². The van der Waals surface area contributed by atoms with E-state index in [1.807, 2.05) is 112 Å². The average molecular weight is 743 g/mol. The van der Waals surface area contributed by atoms with Crippen molar-refractivity contribution in [2.75, 3.05) is 19.8 Å². The molecule has 10 heteroatoms. The zero-order valence-electron chi connectivity index (χ0n) is 28.7. The molecule has 1 aliphatic heterocycles. The predicted molar refractivity (Wildman–Crippen MR) is 198 cm³/mol. The first kappa shape index (κ1) is 36.8. The molecule has 4 aromatic carbocycles. The minimum absolute atomic E-state index is 0.0408. The summed E-state index contributed by atoms with van der Waals surface area (Å²) in [4.78, 5) is 32.5. The number of halogens is 1. The van der Waals surface area contributed by atoms with Gasteiger partial charge in [0.2, 0.25) is 5.90 Å². The molecule has 0 bridgehead atoms. The summed E-state index contributed by atoms with van der Waals surface area (Å²) in [5, 5.41) is 9.10. The molecule has 3 N–H and O–H groups in total. The Labute approximate surface area is 302 Å². The second-order valence-electron chi connectivity index (χ2n) is 13.1. The zero-order valence-corrected chi connectivity index (χ0v) is 30.2. The van der Waals surface area contributed by atoms with Gasteiger partial charge < -0.3 is 19.3 Å². The van der Waals surface area contributed by atoms with Gasteiger partial charge in [0.05, 0.1) is 6.61 Å². The van der Waals surface area contributed by atoms with Crippen LogP contribution in [0, 0.1) is 0 Å². The molecule has 0 unspecified atom stereocenters. The molecule has 5 rings (SSSR count). The maximum absolute atomic E-state index is 14.4. The number of hydrazine groups is 1. The van der Waals surface area contributed by atoms with Gasteiger partial charge in [-0.3, -0.25) is 15.0 Å². The van der Waals surface area contributed by atoms with E-state index in [-0.39, 0.29) is 25.3 Å². The number of carbonyl (C=O) groups excluding carboxylic acids is 2. The summed E-state index contributed by atoms with van der Waals surface area (Å²) in [5.41, 5.74) is 8.35. The smallest absolute Gasteiger partial charge is 0.306 e. The lowest BCUT2D eigenvalue weighted by molar-refractivity contribution is -0.155. The summed E-state index contributed by atoms with van der Waals surface area (Å²) in [7, 11) is 0. The van der Waals surface area contributed by atoms with E-state index in [2.05, 4.69) is 26.8 Å². The highest BCUT2D eigenvalue weighted by Crippen LogP contribution is 2.44. The van der Waals surface area contributed by atoms with E-state index >= 15 is 0 Å². The Balaban J connectivity index is 1.47. The van der Waals surface area contributed by atoms with Gasteiger partial charge in [-0.05, 0) is 92.3 Å². The number of aliphatic hydroxyl groups is 1. The van der Waals surface area contributed by atoms with Crippen molar-refractivity contribution in [3.05, 3.63) is 124 Å². The van der Waals surface area contributed by atoms with Gasteiger partial charge in [-0.1, -0.05) is 82.7 Å². The van der Waals surface area contributed by atoms with Gasteiger partial charge in [-0.15, -0.1) is 0 Å². The molecular formula is C40H44BrN3O6. The van der Waals surface area contributed by atoms with Crippen LogP contribution in [0.1, 0.15) is 62.8 Å². The lowest BCUT2D eigenvalue weighted by atomic mass is 9.83. The molecule has 0 saturated carbocycles. The second-order valence-corrected chi connectivity index (χ2v) is 14.0. The topological polar surface area (TPSA) is 118 Å². The molecule has 0 radical (unpaired) electrons. The van der Waals surface area contributed by atoms with Crippen LogP contribution in [-0.2, 0) is 25.5 Å². The predicted octanol–water partition coefficient (Wildman–Crippen LogP) is 7.12. The molecule has 50 heavy (non-hydrogen) atoms. The Hall–Kier alpha value is -4.51. The minimum atomic E-state index is -1.51. The molecule has 0 saturated heterocycles. The number of hydrogen-bond acceptors (Lipinski definition) is 8. The third-order valence-electron chi connectivity index (χ3n) is 8.13. The molecule has 262 valence electrons. The number of amides is 1. The molecule has 0 spiro atoms. The molecule has 0 aromatic heterocycles. The van der Waals surface area contributed by atoms with Crippen molar-refractivity contribution >= 4 is 33.7 Å². The largest absolute Gasteiger partial charge is 0.494 e. The highest BCUT2D eigenvalue weighted by atomic mass is 79.9. The van der Waals surface area contributed by atoms with Gasteiger partial charge in [0, 0.05) is 36.0 Å². The quantitative estimate of drug-likeness (QED) is 0.0675. The Morgan fingerprint density at radius 2 is 1.56 bits per heavy atom. The summed E-state index contributed by atoms with van der Waals surface area (Å²) in [5.74, 6) is 0.0584. The number of ether oxygens (including phenoxy) is 3. The van der Waals surface area contributed by atoms with E-state index in [9.17, 15) is 9.59 Å². The number of aliphatic hydroxyl groups excluding tert-OH is 1. The fourth-order valence-corrected chi connectivity index (χ4v) is 5.91. The average Bonchev–Trinajstić information content (AvgIpc) is 3.51. The van der Waals surface area contributed by atoms with Crippen LogP contribution in [0.5, 0.6) is 5.75 Å². The van der Waals surface area contributed by atoms with Crippen LogP contribution < -0.4 is 15.6 Å². The van der Waals surface area contributed by atoms with Crippen molar-refractivity contribution in [2.24, 2.45) is 4.99 Å². The third-order valence-corrected chi connectivity index (χ3v) is 8.66. The summed E-state index contributed by atoms with van der Waals surface area (Å²) in [6, 6.07) is 33.2.